The number of hydrogen-bond acceptors (Lipinski definition) is 5. The van der Waals surface area contributed by atoms with Gasteiger partial charge in [-0.25, -0.2) is 9.37 Å². The molecule has 2 aromatic rings. The second-order valence-electron chi connectivity index (χ2n) is 5.67. The maximum Gasteiger partial charge on any atom is 0.293 e. The van der Waals surface area contributed by atoms with Gasteiger partial charge in [-0.15, -0.1) is 0 Å². The number of carbonyl (C=O) groups excluding carboxylic acids is 2. The lowest BCUT2D eigenvalue weighted by Crippen LogP contribution is -2.31. The number of nitrogens with one attached hydrogen (secondary N) is 2. The zero-order valence-corrected chi connectivity index (χ0v) is 15.7. The molecule has 0 aliphatic heterocycles. The van der Waals surface area contributed by atoms with Crippen LogP contribution in [0.1, 0.15) is 28.6 Å². The van der Waals surface area contributed by atoms with Crippen LogP contribution < -0.4 is 15.4 Å². The Kier molecular flexibility index (Phi) is 6.95. The minimum absolute atomic E-state index is 0.0250. The van der Waals surface area contributed by atoms with Gasteiger partial charge in [-0.2, -0.15) is 0 Å². The highest BCUT2D eigenvalue weighted by molar-refractivity contribution is 6.30. The number of carbonyl (C=O) groups is 2. The van der Waals surface area contributed by atoms with Crippen molar-refractivity contribution in [3.8, 4) is 5.75 Å². The number of aromatic nitrogens is 1. The standard InChI is InChI=1S/C18H19ClFN3O4/c1-10(22-18(25)17-11(2)23-12(3)27-17)6-7-21-16(24)9-26-13-4-5-14(19)15(20)8-13/h4-5,8H,1,6-7,9H2,2-3H3,(H,21,24)(H,22,25). The Morgan fingerprint density at radius 1 is 1.37 bits per heavy atom. The zero-order valence-electron chi connectivity index (χ0n) is 14.9. The molecule has 0 spiro atoms. The summed E-state index contributed by atoms with van der Waals surface area (Å²) in [5.74, 6) is -0.749. The molecular formula is C18H19ClFN3O4. The summed E-state index contributed by atoms with van der Waals surface area (Å²) in [7, 11) is 0. The van der Waals surface area contributed by atoms with E-state index in [9.17, 15) is 14.0 Å². The summed E-state index contributed by atoms with van der Waals surface area (Å²) in [5.41, 5.74) is 0.899. The van der Waals surface area contributed by atoms with E-state index < -0.39 is 17.6 Å². The number of oxazole rings is 1. The third-order valence-electron chi connectivity index (χ3n) is 3.41. The summed E-state index contributed by atoms with van der Waals surface area (Å²) in [4.78, 5) is 27.8. The summed E-state index contributed by atoms with van der Waals surface area (Å²) in [6.07, 6.45) is 0.319. The van der Waals surface area contributed by atoms with E-state index in [4.69, 9.17) is 20.8 Å². The third-order valence-corrected chi connectivity index (χ3v) is 3.72. The van der Waals surface area contributed by atoms with Crippen molar-refractivity contribution in [1.29, 1.82) is 0 Å². The molecule has 0 unspecified atom stereocenters. The summed E-state index contributed by atoms with van der Waals surface area (Å²) < 4.78 is 23.7. The Morgan fingerprint density at radius 3 is 2.74 bits per heavy atom. The molecule has 9 heteroatoms. The molecule has 144 valence electrons. The SMILES string of the molecule is C=C(CCNC(=O)COc1ccc(Cl)c(F)c1)NC(=O)c1oc(C)nc1C. The molecule has 2 rings (SSSR count). The number of benzene rings is 1. The molecule has 0 atom stereocenters. The van der Waals surface area contributed by atoms with Crippen LogP contribution >= 0.6 is 11.6 Å². The quantitative estimate of drug-likeness (QED) is 0.716. The van der Waals surface area contributed by atoms with Crippen LogP contribution in [-0.2, 0) is 4.79 Å². The van der Waals surface area contributed by atoms with Crippen LogP contribution in [0.25, 0.3) is 0 Å². The van der Waals surface area contributed by atoms with Crippen molar-refractivity contribution in [2.24, 2.45) is 0 Å². The smallest absolute Gasteiger partial charge is 0.293 e. The molecule has 0 radical (unpaired) electrons. The number of amides is 2. The fourth-order valence-electron chi connectivity index (χ4n) is 2.14. The van der Waals surface area contributed by atoms with E-state index in [1.54, 1.807) is 13.8 Å². The van der Waals surface area contributed by atoms with E-state index in [0.717, 1.165) is 6.07 Å². The van der Waals surface area contributed by atoms with E-state index in [0.29, 0.717) is 23.7 Å². The average molecular weight is 396 g/mol. The second-order valence-corrected chi connectivity index (χ2v) is 6.08. The van der Waals surface area contributed by atoms with Crippen LogP contribution in [0.2, 0.25) is 5.02 Å². The number of rotatable bonds is 8. The first kappa shape index (κ1) is 20.4. The highest BCUT2D eigenvalue weighted by Gasteiger charge is 2.16. The predicted octanol–water partition coefficient (Wildman–Crippen LogP) is 2.91. The van der Waals surface area contributed by atoms with Gasteiger partial charge >= 0.3 is 0 Å². The summed E-state index contributed by atoms with van der Waals surface area (Å²) in [6, 6.07) is 3.90. The number of aryl methyl sites for hydroxylation is 2. The third kappa shape index (κ3) is 6.10. The van der Waals surface area contributed by atoms with E-state index in [1.165, 1.54) is 12.1 Å². The molecule has 27 heavy (non-hydrogen) atoms. The summed E-state index contributed by atoms with van der Waals surface area (Å²) in [6.45, 7) is 7.01. The highest BCUT2D eigenvalue weighted by Crippen LogP contribution is 2.20. The van der Waals surface area contributed by atoms with E-state index >= 15 is 0 Å². The van der Waals surface area contributed by atoms with Gasteiger partial charge in [0.15, 0.2) is 12.5 Å². The molecular weight excluding hydrogens is 377 g/mol. The van der Waals surface area contributed by atoms with Gasteiger partial charge in [-0.1, -0.05) is 18.2 Å². The Bertz CT molecular complexity index is 866. The van der Waals surface area contributed by atoms with Gasteiger partial charge in [-0.3, -0.25) is 9.59 Å². The van der Waals surface area contributed by atoms with Crippen LogP contribution in [0.4, 0.5) is 4.39 Å². The summed E-state index contributed by atoms with van der Waals surface area (Å²) >= 11 is 5.57. The normalized spacial score (nSPS) is 10.4. The minimum Gasteiger partial charge on any atom is -0.484 e. The number of nitrogens with zero attached hydrogens (tertiary/aromatic N) is 1. The molecule has 1 heterocycles. The number of halogens is 2. The second kappa shape index (κ2) is 9.18. The van der Waals surface area contributed by atoms with Gasteiger partial charge in [0.05, 0.1) is 10.7 Å². The van der Waals surface area contributed by atoms with Crippen molar-refractivity contribution < 1.29 is 23.1 Å². The maximum absolute atomic E-state index is 13.3. The first-order chi connectivity index (χ1) is 12.8. The lowest BCUT2D eigenvalue weighted by molar-refractivity contribution is -0.123. The number of hydrogen-bond donors (Lipinski definition) is 2. The fraction of sp³-hybridized carbons (Fsp3) is 0.278. The first-order valence-corrected chi connectivity index (χ1v) is 8.41. The molecule has 2 N–H and O–H groups in total. The molecule has 0 bridgehead atoms. The lowest BCUT2D eigenvalue weighted by Gasteiger charge is -2.10. The largest absolute Gasteiger partial charge is 0.484 e. The van der Waals surface area contributed by atoms with Crippen molar-refractivity contribution in [2.75, 3.05) is 13.2 Å². The fourth-order valence-corrected chi connectivity index (χ4v) is 2.26. The topological polar surface area (TPSA) is 93.5 Å². The lowest BCUT2D eigenvalue weighted by atomic mass is 10.3. The van der Waals surface area contributed by atoms with Gasteiger partial charge in [0, 0.05) is 31.7 Å². The van der Waals surface area contributed by atoms with Crippen molar-refractivity contribution in [1.82, 2.24) is 15.6 Å². The van der Waals surface area contributed by atoms with Crippen LogP contribution in [0, 0.1) is 19.7 Å². The molecule has 2 amide bonds. The average Bonchev–Trinajstić information content (AvgIpc) is 2.94. The molecule has 0 saturated carbocycles. The van der Waals surface area contributed by atoms with Crippen LogP contribution in [0.15, 0.2) is 34.9 Å². The molecule has 1 aromatic heterocycles. The van der Waals surface area contributed by atoms with Gasteiger partial charge in [0.25, 0.3) is 11.8 Å². The Hall–Kier alpha value is -2.87. The van der Waals surface area contributed by atoms with E-state index in [1.807, 2.05) is 0 Å². The van der Waals surface area contributed by atoms with Crippen LogP contribution in [0.5, 0.6) is 5.75 Å². The van der Waals surface area contributed by atoms with Crippen molar-refractivity contribution in [2.45, 2.75) is 20.3 Å². The Labute approximate surface area is 160 Å². The van der Waals surface area contributed by atoms with Gasteiger partial charge in [-0.05, 0) is 19.1 Å². The molecule has 0 saturated heterocycles. The Morgan fingerprint density at radius 2 is 2.11 bits per heavy atom. The maximum atomic E-state index is 13.3. The summed E-state index contributed by atoms with van der Waals surface area (Å²) in [5, 5.41) is 5.17. The predicted molar refractivity (Wildman–Crippen MR) is 97.1 cm³/mol. The van der Waals surface area contributed by atoms with Crippen LogP contribution in [0.3, 0.4) is 0 Å². The van der Waals surface area contributed by atoms with Gasteiger partial charge < -0.3 is 19.8 Å². The van der Waals surface area contributed by atoms with Crippen molar-refractivity contribution >= 4 is 23.4 Å². The van der Waals surface area contributed by atoms with Crippen molar-refractivity contribution in [3.05, 3.63) is 58.7 Å². The van der Waals surface area contributed by atoms with Crippen molar-refractivity contribution in [3.63, 3.8) is 0 Å². The molecule has 0 aliphatic carbocycles. The Balaban J connectivity index is 1.69. The van der Waals surface area contributed by atoms with Gasteiger partial charge in [0.1, 0.15) is 11.6 Å². The molecule has 0 fully saturated rings. The first-order valence-electron chi connectivity index (χ1n) is 8.04. The molecule has 7 nitrogen and oxygen atoms in total. The van der Waals surface area contributed by atoms with Gasteiger partial charge in [0.2, 0.25) is 5.76 Å². The molecule has 0 aliphatic rings. The minimum atomic E-state index is -0.626. The van der Waals surface area contributed by atoms with E-state index in [2.05, 4.69) is 22.2 Å². The zero-order chi connectivity index (χ0) is 20.0. The monoisotopic (exact) mass is 395 g/mol. The number of ether oxygens (including phenoxy) is 1. The van der Waals surface area contributed by atoms with Crippen LogP contribution in [-0.4, -0.2) is 29.9 Å². The highest BCUT2D eigenvalue weighted by atomic mass is 35.5. The van der Waals surface area contributed by atoms with E-state index in [-0.39, 0.29) is 29.7 Å². The molecule has 1 aromatic carbocycles.